The van der Waals surface area contributed by atoms with Gasteiger partial charge in [0.25, 0.3) is 0 Å². The first-order chi connectivity index (χ1) is 13.9. The fourth-order valence-electron chi connectivity index (χ4n) is 2.08. The van der Waals surface area contributed by atoms with Gasteiger partial charge >= 0.3 is 22.8 Å². The predicted octanol–water partition coefficient (Wildman–Crippen LogP) is 3.96. The average Bonchev–Trinajstić information content (AvgIpc) is 2.66. The molecule has 0 atom stereocenters. The lowest BCUT2D eigenvalue weighted by atomic mass is 10.2. The first kappa shape index (κ1) is 27.4. The maximum atomic E-state index is 11.5. The Balaban J connectivity index is 3.32. The topological polar surface area (TPSA) is 114 Å². The van der Waals surface area contributed by atoms with E-state index in [2.05, 4.69) is 9.47 Å². The van der Waals surface area contributed by atoms with Gasteiger partial charge in [0.05, 0.1) is 26.4 Å². The Morgan fingerprint density at radius 2 is 0.897 bits per heavy atom. The molecule has 0 spiro atoms. The molecule has 0 fully saturated rings. The highest BCUT2D eigenvalue weighted by atomic mass is 35.5. The molecule has 0 heterocycles. The molecule has 168 valence electrons. The summed E-state index contributed by atoms with van der Waals surface area (Å²) in [5.74, 6) is -0.648. The lowest BCUT2D eigenvalue weighted by Crippen LogP contribution is -2.14. The molecule has 0 aromatic heterocycles. The average molecular weight is 459 g/mol. The standard InChI is InChI=1S/C18H28Cl2O9/c19-17(23)28-9-5-1-3-7-15(21)26-13-11-25-12-14-27-16(22)8-4-2-6-10-29-18(20)24/h1-14H2. The van der Waals surface area contributed by atoms with E-state index in [1.807, 2.05) is 0 Å². The maximum absolute atomic E-state index is 11.5. The third-order valence-corrected chi connectivity index (χ3v) is 3.68. The van der Waals surface area contributed by atoms with E-state index in [4.69, 9.17) is 37.4 Å². The molecule has 0 saturated heterocycles. The maximum Gasteiger partial charge on any atom is 0.403 e. The molecule has 0 aliphatic heterocycles. The summed E-state index contributed by atoms with van der Waals surface area (Å²) in [5.41, 5.74) is -1.66. The first-order valence-electron chi connectivity index (χ1n) is 9.45. The van der Waals surface area contributed by atoms with Crippen LogP contribution in [0.15, 0.2) is 0 Å². The summed E-state index contributed by atoms with van der Waals surface area (Å²) in [5, 5.41) is 0. The van der Waals surface area contributed by atoms with Gasteiger partial charge in [-0.1, -0.05) is 0 Å². The molecule has 0 amide bonds. The normalized spacial score (nSPS) is 10.3. The van der Waals surface area contributed by atoms with Crippen molar-refractivity contribution in [2.75, 3.05) is 39.6 Å². The minimum absolute atomic E-state index is 0.128. The van der Waals surface area contributed by atoms with Crippen molar-refractivity contribution in [1.29, 1.82) is 0 Å². The Labute approximate surface area is 180 Å². The number of rotatable bonds is 18. The lowest BCUT2D eigenvalue weighted by molar-refractivity contribution is -0.146. The van der Waals surface area contributed by atoms with E-state index in [9.17, 15) is 19.2 Å². The molecule has 0 N–H and O–H groups in total. The SMILES string of the molecule is O=C(Cl)OCCCCCC(=O)OCCOCCOC(=O)CCCCCOC(=O)Cl. The second-order valence-corrected chi connectivity index (χ2v) is 6.46. The minimum Gasteiger partial charge on any atom is -0.463 e. The van der Waals surface area contributed by atoms with Crippen molar-refractivity contribution >= 4 is 46.0 Å². The number of unbranched alkanes of at least 4 members (excludes halogenated alkanes) is 4. The molecule has 0 rings (SSSR count). The van der Waals surface area contributed by atoms with Crippen molar-refractivity contribution in [1.82, 2.24) is 0 Å². The van der Waals surface area contributed by atoms with Crippen LogP contribution in [-0.2, 0) is 33.3 Å². The Hall–Kier alpha value is -1.58. The number of ether oxygens (including phenoxy) is 5. The van der Waals surface area contributed by atoms with Crippen molar-refractivity contribution in [2.24, 2.45) is 0 Å². The Bertz CT molecular complexity index is 444. The molecular formula is C18H28Cl2O9. The summed E-state index contributed by atoms with van der Waals surface area (Å²) in [4.78, 5) is 43.6. The van der Waals surface area contributed by atoms with Crippen molar-refractivity contribution in [3.8, 4) is 0 Å². The quantitative estimate of drug-likeness (QED) is 0.130. The van der Waals surface area contributed by atoms with Crippen molar-refractivity contribution in [3.63, 3.8) is 0 Å². The van der Waals surface area contributed by atoms with Crippen LogP contribution in [0.25, 0.3) is 0 Å². The second-order valence-electron chi connectivity index (χ2n) is 5.85. The highest BCUT2D eigenvalue weighted by Crippen LogP contribution is 2.04. The zero-order valence-electron chi connectivity index (χ0n) is 16.3. The fourth-order valence-corrected chi connectivity index (χ4v) is 2.23. The summed E-state index contributed by atoms with van der Waals surface area (Å²) in [6.07, 6.45) is 4.54. The molecule has 0 aromatic carbocycles. The van der Waals surface area contributed by atoms with Crippen molar-refractivity contribution in [2.45, 2.75) is 51.4 Å². The minimum atomic E-state index is -0.830. The molecule has 9 nitrogen and oxygen atoms in total. The lowest BCUT2D eigenvalue weighted by Gasteiger charge is -2.07. The summed E-state index contributed by atoms with van der Waals surface area (Å²) < 4.78 is 24.3. The van der Waals surface area contributed by atoms with E-state index in [0.29, 0.717) is 25.7 Å². The third-order valence-electron chi connectivity index (χ3n) is 3.46. The zero-order chi connectivity index (χ0) is 21.7. The monoisotopic (exact) mass is 458 g/mol. The Morgan fingerprint density at radius 3 is 1.28 bits per heavy atom. The van der Waals surface area contributed by atoms with Gasteiger partial charge in [-0.25, -0.2) is 9.59 Å². The van der Waals surface area contributed by atoms with Crippen LogP contribution in [0.2, 0.25) is 0 Å². The molecule has 0 aromatic rings. The van der Waals surface area contributed by atoms with Crippen LogP contribution in [0, 0.1) is 0 Å². The highest BCUT2D eigenvalue weighted by Gasteiger charge is 2.05. The van der Waals surface area contributed by atoms with Crippen LogP contribution in [0.3, 0.4) is 0 Å². The fraction of sp³-hybridized carbons (Fsp3) is 0.778. The van der Waals surface area contributed by atoms with E-state index < -0.39 is 10.9 Å². The van der Waals surface area contributed by atoms with Gasteiger partial charge in [-0.05, 0) is 38.5 Å². The Kier molecular flexibility index (Phi) is 18.6. The first-order valence-corrected chi connectivity index (χ1v) is 10.2. The van der Waals surface area contributed by atoms with Gasteiger partial charge in [0.1, 0.15) is 13.2 Å². The predicted molar refractivity (Wildman–Crippen MR) is 104 cm³/mol. The van der Waals surface area contributed by atoms with Gasteiger partial charge < -0.3 is 23.7 Å². The molecule has 0 saturated carbocycles. The summed E-state index contributed by atoms with van der Waals surface area (Å²) in [6, 6.07) is 0. The van der Waals surface area contributed by atoms with E-state index in [0.717, 1.165) is 12.8 Å². The van der Waals surface area contributed by atoms with Crippen LogP contribution in [0.4, 0.5) is 9.59 Å². The van der Waals surface area contributed by atoms with Gasteiger partial charge in [-0.3, -0.25) is 9.59 Å². The van der Waals surface area contributed by atoms with Gasteiger partial charge in [-0.15, -0.1) is 0 Å². The number of carbonyl (C=O) groups excluding carboxylic acids is 4. The molecule has 0 aliphatic rings. The third kappa shape index (κ3) is 22.6. The van der Waals surface area contributed by atoms with Crippen LogP contribution < -0.4 is 0 Å². The second kappa shape index (κ2) is 19.7. The van der Waals surface area contributed by atoms with Gasteiger partial charge in [0, 0.05) is 36.0 Å². The van der Waals surface area contributed by atoms with Crippen LogP contribution in [-0.4, -0.2) is 62.4 Å². The van der Waals surface area contributed by atoms with Crippen LogP contribution in [0.5, 0.6) is 0 Å². The van der Waals surface area contributed by atoms with E-state index >= 15 is 0 Å². The molecule has 0 unspecified atom stereocenters. The summed E-state index contributed by atoms with van der Waals surface area (Å²) in [6.45, 7) is 1.17. The Morgan fingerprint density at radius 1 is 0.483 bits per heavy atom. The van der Waals surface area contributed by atoms with E-state index in [-0.39, 0.29) is 64.4 Å². The number of halogens is 2. The number of esters is 2. The van der Waals surface area contributed by atoms with Gasteiger partial charge in [0.2, 0.25) is 0 Å². The van der Waals surface area contributed by atoms with Crippen LogP contribution in [0.1, 0.15) is 51.4 Å². The van der Waals surface area contributed by atoms with Crippen molar-refractivity contribution < 1.29 is 42.9 Å². The largest absolute Gasteiger partial charge is 0.463 e. The molecule has 0 aliphatic carbocycles. The molecule has 0 bridgehead atoms. The summed E-state index contributed by atoms with van der Waals surface area (Å²) >= 11 is 10.0. The highest BCUT2D eigenvalue weighted by molar-refractivity contribution is 6.61. The summed E-state index contributed by atoms with van der Waals surface area (Å²) in [7, 11) is 0. The number of hydrogen-bond acceptors (Lipinski definition) is 9. The van der Waals surface area contributed by atoms with Gasteiger partial charge in [0.15, 0.2) is 0 Å². The number of carbonyl (C=O) groups is 4. The van der Waals surface area contributed by atoms with Crippen LogP contribution >= 0.6 is 23.2 Å². The smallest absolute Gasteiger partial charge is 0.403 e. The molecular weight excluding hydrogens is 431 g/mol. The molecule has 0 radical (unpaired) electrons. The molecule has 29 heavy (non-hydrogen) atoms. The van der Waals surface area contributed by atoms with Crippen molar-refractivity contribution in [3.05, 3.63) is 0 Å². The van der Waals surface area contributed by atoms with Gasteiger partial charge in [-0.2, -0.15) is 0 Å². The number of hydrogen-bond donors (Lipinski definition) is 0. The zero-order valence-corrected chi connectivity index (χ0v) is 17.8. The van der Waals surface area contributed by atoms with E-state index in [1.165, 1.54) is 0 Å². The molecule has 11 heteroatoms. The van der Waals surface area contributed by atoms with E-state index in [1.54, 1.807) is 0 Å².